The third-order valence-corrected chi connectivity index (χ3v) is 6.22. The second-order valence-electron chi connectivity index (χ2n) is 7.22. The molecule has 2 aromatic heterocycles. The first kappa shape index (κ1) is 20.6. The van der Waals surface area contributed by atoms with E-state index in [0.29, 0.717) is 41.7 Å². The van der Waals surface area contributed by atoms with Crippen molar-refractivity contribution in [1.29, 1.82) is 0 Å². The zero-order valence-electron chi connectivity index (χ0n) is 17.1. The van der Waals surface area contributed by atoms with Gasteiger partial charge in [-0.05, 0) is 31.9 Å². The summed E-state index contributed by atoms with van der Waals surface area (Å²) in [5.74, 6) is 0.589. The predicted molar refractivity (Wildman–Crippen MR) is 116 cm³/mol. The van der Waals surface area contributed by atoms with Crippen LogP contribution >= 0.6 is 11.8 Å². The summed E-state index contributed by atoms with van der Waals surface area (Å²) in [6, 6.07) is 7.66. The molecule has 1 aromatic carbocycles. The predicted octanol–water partition coefficient (Wildman–Crippen LogP) is 2.47. The molecule has 1 unspecified atom stereocenters. The zero-order valence-corrected chi connectivity index (χ0v) is 17.9. The van der Waals surface area contributed by atoms with Gasteiger partial charge in [0.25, 0.3) is 5.56 Å². The maximum atomic E-state index is 13.2. The molecule has 1 aliphatic heterocycles. The van der Waals surface area contributed by atoms with Gasteiger partial charge in [0.1, 0.15) is 5.39 Å². The summed E-state index contributed by atoms with van der Waals surface area (Å²) in [7, 11) is 0. The molecule has 4 rings (SSSR count). The molecule has 1 aliphatic rings. The van der Waals surface area contributed by atoms with E-state index in [2.05, 4.69) is 10.4 Å². The Morgan fingerprint density at radius 1 is 1.37 bits per heavy atom. The molecule has 1 amide bonds. The third-order valence-electron chi connectivity index (χ3n) is 5.13. The molecule has 0 bridgehead atoms. The maximum absolute atomic E-state index is 13.2. The van der Waals surface area contributed by atoms with Crippen LogP contribution in [0, 0.1) is 6.92 Å². The lowest BCUT2D eigenvalue weighted by Crippen LogP contribution is -2.31. The van der Waals surface area contributed by atoms with Gasteiger partial charge in [-0.3, -0.25) is 14.2 Å². The number of para-hydroxylation sites is 1. The Bertz CT molecular complexity index is 1120. The molecule has 3 aromatic rings. The molecule has 1 atom stereocenters. The average Bonchev–Trinajstić information content (AvgIpc) is 3.33. The van der Waals surface area contributed by atoms with Crippen molar-refractivity contribution in [3.05, 3.63) is 46.4 Å². The number of benzene rings is 1. The zero-order chi connectivity index (χ0) is 21.1. The molecular weight excluding hydrogens is 402 g/mol. The van der Waals surface area contributed by atoms with Crippen molar-refractivity contribution in [1.82, 2.24) is 24.6 Å². The van der Waals surface area contributed by atoms with E-state index in [1.54, 1.807) is 15.4 Å². The third kappa shape index (κ3) is 3.99. The Hall–Kier alpha value is -2.65. The van der Waals surface area contributed by atoms with Crippen LogP contribution in [-0.4, -0.2) is 50.8 Å². The van der Waals surface area contributed by atoms with E-state index in [9.17, 15) is 9.59 Å². The smallest absolute Gasteiger partial charge is 0.265 e. The summed E-state index contributed by atoms with van der Waals surface area (Å²) in [5.41, 5.74) is 2.36. The van der Waals surface area contributed by atoms with E-state index >= 15 is 0 Å². The van der Waals surface area contributed by atoms with Crippen LogP contribution in [0.2, 0.25) is 0 Å². The summed E-state index contributed by atoms with van der Waals surface area (Å²) in [5, 5.41) is 8.43. The van der Waals surface area contributed by atoms with Crippen LogP contribution in [0.15, 0.2) is 40.4 Å². The van der Waals surface area contributed by atoms with Gasteiger partial charge >= 0.3 is 0 Å². The normalized spacial score (nSPS) is 15.5. The number of aryl methyl sites for hydroxylation is 1. The molecular formula is C21H25N5O3S. The van der Waals surface area contributed by atoms with Crippen LogP contribution in [0.3, 0.4) is 0 Å². The second kappa shape index (κ2) is 9.01. The number of amides is 1. The van der Waals surface area contributed by atoms with Gasteiger partial charge in [-0.1, -0.05) is 30.0 Å². The van der Waals surface area contributed by atoms with Crippen molar-refractivity contribution in [2.24, 2.45) is 0 Å². The fourth-order valence-corrected chi connectivity index (χ4v) is 4.72. The Kier molecular flexibility index (Phi) is 6.19. The SMILES string of the molecule is CCOCCCNC(=O)CC1CSc2nc3c(cnn3-c3ccccc3C)c(=O)n21. The van der Waals surface area contributed by atoms with Gasteiger partial charge in [0.2, 0.25) is 5.91 Å². The Balaban J connectivity index is 1.55. The van der Waals surface area contributed by atoms with Crippen molar-refractivity contribution in [3.8, 4) is 5.69 Å². The van der Waals surface area contributed by atoms with Gasteiger partial charge in [-0.15, -0.1) is 0 Å². The summed E-state index contributed by atoms with van der Waals surface area (Å²) in [6.07, 6.45) is 2.60. The molecule has 0 saturated carbocycles. The van der Waals surface area contributed by atoms with Gasteiger partial charge < -0.3 is 10.1 Å². The van der Waals surface area contributed by atoms with Crippen LogP contribution in [0.1, 0.15) is 31.4 Å². The monoisotopic (exact) mass is 427 g/mol. The number of nitrogens with zero attached hydrogens (tertiary/aromatic N) is 4. The molecule has 9 heteroatoms. The van der Waals surface area contributed by atoms with Gasteiger partial charge in [0.15, 0.2) is 10.8 Å². The van der Waals surface area contributed by atoms with E-state index in [1.807, 2.05) is 38.1 Å². The first-order chi connectivity index (χ1) is 14.6. The molecule has 0 fully saturated rings. The minimum absolute atomic E-state index is 0.0625. The molecule has 30 heavy (non-hydrogen) atoms. The van der Waals surface area contributed by atoms with Crippen molar-refractivity contribution in [2.45, 2.75) is 37.9 Å². The Labute approximate surface area is 178 Å². The molecule has 0 radical (unpaired) electrons. The van der Waals surface area contributed by atoms with E-state index in [4.69, 9.17) is 9.72 Å². The number of rotatable bonds is 8. The van der Waals surface area contributed by atoms with E-state index in [-0.39, 0.29) is 23.9 Å². The van der Waals surface area contributed by atoms with Crippen molar-refractivity contribution in [3.63, 3.8) is 0 Å². The van der Waals surface area contributed by atoms with Crippen LogP contribution in [0.25, 0.3) is 16.7 Å². The maximum Gasteiger partial charge on any atom is 0.265 e. The van der Waals surface area contributed by atoms with Crippen LogP contribution in [-0.2, 0) is 9.53 Å². The van der Waals surface area contributed by atoms with Crippen LogP contribution in [0.4, 0.5) is 0 Å². The minimum Gasteiger partial charge on any atom is -0.382 e. The highest BCUT2D eigenvalue weighted by atomic mass is 32.2. The molecule has 0 saturated heterocycles. The Morgan fingerprint density at radius 3 is 3.00 bits per heavy atom. The highest BCUT2D eigenvalue weighted by Gasteiger charge is 2.29. The number of nitrogens with one attached hydrogen (secondary N) is 1. The lowest BCUT2D eigenvalue weighted by Gasteiger charge is -2.13. The molecule has 0 aliphatic carbocycles. The fraction of sp³-hybridized carbons (Fsp3) is 0.429. The summed E-state index contributed by atoms with van der Waals surface area (Å²) in [6.45, 7) is 5.82. The van der Waals surface area contributed by atoms with Crippen LogP contribution in [0.5, 0.6) is 0 Å². The highest BCUT2D eigenvalue weighted by molar-refractivity contribution is 7.99. The van der Waals surface area contributed by atoms with Crippen molar-refractivity contribution >= 4 is 28.7 Å². The number of hydrogen-bond acceptors (Lipinski definition) is 6. The molecule has 8 nitrogen and oxygen atoms in total. The van der Waals surface area contributed by atoms with Gasteiger partial charge in [0.05, 0.1) is 17.9 Å². The number of hydrogen-bond donors (Lipinski definition) is 1. The topological polar surface area (TPSA) is 91.0 Å². The van der Waals surface area contributed by atoms with Gasteiger partial charge in [0, 0.05) is 31.9 Å². The van der Waals surface area contributed by atoms with Crippen molar-refractivity contribution in [2.75, 3.05) is 25.5 Å². The van der Waals surface area contributed by atoms with E-state index in [1.165, 1.54) is 11.8 Å². The first-order valence-electron chi connectivity index (χ1n) is 10.1. The molecule has 1 N–H and O–H groups in total. The lowest BCUT2D eigenvalue weighted by atomic mass is 10.2. The number of carbonyl (C=O) groups excluding carboxylic acids is 1. The summed E-state index contributed by atoms with van der Waals surface area (Å²) in [4.78, 5) is 30.2. The summed E-state index contributed by atoms with van der Waals surface area (Å²) < 4.78 is 8.64. The largest absolute Gasteiger partial charge is 0.382 e. The average molecular weight is 428 g/mol. The molecule has 158 valence electrons. The number of fused-ring (bicyclic) bond motifs is 2. The number of thioether (sulfide) groups is 1. The standard InChI is InChI=1S/C21H25N5O3S/c1-3-29-10-6-9-22-18(27)11-15-13-30-21-24-19-16(20(28)25(15)21)12-23-26(19)17-8-5-4-7-14(17)2/h4-5,7-8,12,15H,3,6,9-11,13H2,1-2H3,(H,22,27). The Morgan fingerprint density at radius 2 is 2.20 bits per heavy atom. The van der Waals surface area contributed by atoms with E-state index in [0.717, 1.165) is 17.7 Å². The number of carbonyl (C=O) groups is 1. The number of aromatic nitrogens is 4. The van der Waals surface area contributed by atoms with Gasteiger partial charge in [-0.2, -0.15) is 5.10 Å². The molecule has 0 spiro atoms. The van der Waals surface area contributed by atoms with Crippen molar-refractivity contribution < 1.29 is 9.53 Å². The first-order valence-corrected chi connectivity index (χ1v) is 11.1. The fourth-order valence-electron chi connectivity index (χ4n) is 3.59. The quantitative estimate of drug-likeness (QED) is 0.439. The van der Waals surface area contributed by atoms with Gasteiger partial charge in [-0.25, -0.2) is 9.67 Å². The lowest BCUT2D eigenvalue weighted by molar-refractivity contribution is -0.121. The summed E-state index contributed by atoms with van der Waals surface area (Å²) >= 11 is 1.50. The van der Waals surface area contributed by atoms with Crippen LogP contribution < -0.4 is 10.9 Å². The minimum atomic E-state index is -0.205. The number of ether oxygens (including phenoxy) is 1. The second-order valence-corrected chi connectivity index (χ2v) is 8.21. The molecule has 3 heterocycles. The highest BCUT2D eigenvalue weighted by Crippen LogP contribution is 2.33. The van der Waals surface area contributed by atoms with E-state index < -0.39 is 0 Å².